The predicted octanol–water partition coefficient (Wildman–Crippen LogP) is 4.52. The van der Waals surface area contributed by atoms with Gasteiger partial charge in [-0.15, -0.1) is 0 Å². The lowest BCUT2D eigenvalue weighted by Gasteiger charge is -2.23. The first-order valence-corrected chi connectivity index (χ1v) is 8.27. The summed E-state index contributed by atoms with van der Waals surface area (Å²) >= 11 is 6.16. The zero-order valence-electron chi connectivity index (χ0n) is 13.6. The van der Waals surface area contributed by atoms with E-state index in [1.165, 1.54) is 18.4 Å². The first-order valence-electron chi connectivity index (χ1n) is 7.89. The lowest BCUT2D eigenvalue weighted by Crippen LogP contribution is -2.25. The van der Waals surface area contributed by atoms with E-state index in [1.54, 1.807) is 14.2 Å². The van der Waals surface area contributed by atoms with Crippen LogP contribution in [0.4, 0.5) is 0 Å². The summed E-state index contributed by atoms with van der Waals surface area (Å²) in [5.41, 5.74) is 2.43. The Morgan fingerprint density at radius 1 is 1.00 bits per heavy atom. The Kier molecular flexibility index (Phi) is 5.09. The second-order valence-electron chi connectivity index (χ2n) is 5.94. The third-order valence-corrected chi connectivity index (χ3v) is 4.46. The van der Waals surface area contributed by atoms with E-state index in [4.69, 9.17) is 21.1 Å². The van der Waals surface area contributed by atoms with Gasteiger partial charge in [0, 0.05) is 29.7 Å². The van der Waals surface area contributed by atoms with Gasteiger partial charge in [0.05, 0.1) is 14.2 Å². The molecule has 0 spiro atoms. The standard InChI is InChI=1S/C19H22ClNO2/c1-22-18-8-3-14(4-9-18)12-21(17-6-7-17)13-15-11-16(20)5-10-19(15)23-2/h3-5,8-11,17H,6-7,12-13H2,1-2H3. The summed E-state index contributed by atoms with van der Waals surface area (Å²) in [7, 11) is 3.40. The third-order valence-electron chi connectivity index (χ3n) is 4.22. The van der Waals surface area contributed by atoms with E-state index in [0.717, 1.165) is 35.2 Å². The highest BCUT2D eigenvalue weighted by molar-refractivity contribution is 6.30. The minimum atomic E-state index is 0.654. The molecule has 23 heavy (non-hydrogen) atoms. The van der Waals surface area contributed by atoms with Crippen molar-refractivity contribution in [2.45, 2.75) is 32.0 Å². The summed E-state index contributed by atoms with van der Waals surface area (Å²) in [6, 6.07) is 14.8. The van der Waals surface area contributed by atoms with E-state index in [9.17, 15) is 0 Å². The van der Waals surface area contributed by atoms with Crippen LogP contribution in [-0.4, -0.2) is 25.2 Å². The number of rotatable bonds is 7. The van der Waals surface area contributed by atoms with Crippen molar-refractivity contribution in [1.82, 2.24) is 4.90 Å². The first-order chi connectivity index (χ1) is 11.2. The van der Waals surface area contributed by atoms with Crippen molar-refractivity contribution in [3.8, 4) is 11.5 Å². The van der Waals surface area contributed by atoms with Crippen molar-refractivity contribution in [3.63, 3.8) is 0 Å². The quantitative estimate of drug-likeness (QED) is 0.744. The zero-order valence-corrected chi connectivity index (χ0v) is 14.3. The van der Waals surface area contributed by atoms with Crippen LogP contribution in [0.2, 0.25) is 5.02 Å². The van der Waals surface area contributed by atoms with Crippen LogP contribution in [0.5, 0.6) is 11.5 Å². The van der Waals surface area contributed by atoms with Crippen molar-refractivity contribution >= 4 is 11.6 Å². The zero-order chi connectivity index (χ0) is 16.2. The summed E-state index contributed by atoms with van der Waals surface area (Å²) in [6.45, 7) is 1.77. The molecule has 0 unspecified atom stereocenters. The Hall–Kier alpha value is -1.71. The van der Waals surface area contributed by atoms with Crippen molar-refractivity contribution in [2.24, 2.45) is 0 Å². The Morgan fingerprint density at radius 2 is 1.74 bits per heavy atom. The monoisotopic (exact) mass is 331 g/mol. The average Bonchev–Trinajstić information content (AvgIpc) is 3.40. The molecule has 1 aliphatic carbocycles. The summed E-state index contributed by atoms with van der Waals surface area (Å²) in [5.74, 6) is 1.79. The second kappa shape index (κ2) is 7.24. The van der Waals surface area contributed by atoms with Gasteiger partial charge in [0.15, 0.2) is 0 Å². The van der Waals surface area contributed by atoms with E-state index in [1.807, 2.05) is 30.3 Å². The molecule has 0 N–H and O–H groups in total. The van der Waals surface area contributed by atoms with Crippen LogP contribution < -0.4 is 9.47 Å². The number of halogens is 1. The molecule has 3 rings (SSSR count). The summed E-state index contributed by atoms with van der Waals surface area (Å²) in [5, 5.41) is 0.751. The van der Waals surface area contributed by atoms with E-state index in [2.05, 4.69) is 17.0 Å². The summed E-state index contributed by atoms with van der Waals surface area (Å²) in [6.07, 6.45) is 2.53. The molecule has 0 amide bonds. The lowest BCUT2D eigenvalue weighted by molar-refractivity contribution is 0.241. The molecular weight excluding hydrogens is 310 g/mol. The molecule has 1 saturated carbocycles. The van der Waals surface area contributed by atoms with Crippen LogP contribution in [0.1, 0.15) is 24.0 Å². The molecule has 2 aromatic carbocycles. The van der Waals surface area contributed by atoms with Gasteiger partial charge in [-0.3, -0.25) is 4.90 Å². The van der Waals surface area contributed by atoms with Crippen molar-refractivity contribution in [2.75, 3.05) is 14.2 Å². The van der Waals surface area contributed by atoms with Gasteiger partial charge in [-0.2, -0.15) is 0 Å². The molecule has 0 aliphatic heterocycles. The first kappa shape index (κ1) is 16.2. The molecule has 0 radical (unpaired) electrons. The topological polar surface area (TPSA) is 21.7 Å². The summed E-state index contributed by atoms with van der Waals surface area (Å²) < 4.78 is 10.7. The van der Waals surface area contributed by atoms with Crippen LogP contribution in [0.3, 0.4) is 0 Å². The van der Waals surface area contributed by atoms with Gasteiger partial charge < -0.3 is 9.47 Å². The molecule has 1 fully saturated rings. The molecule has 4 heteroatoms. The number of nitrogens with zero attached hydrogens (tertiary/aromatic N) is 1. The van der Waals surface area contributed by atoms with E-state index in [0.29, 0.717) is 6.04 Å². The normalized spacial score (nSPS) is 14.1. The number of benzene rings is 2. The molecule has 0 heterocycles. The number of methoxy groups -OCH3 is 2. The van der Waals surface area contributed by atoms with Gasteiger partial charge in [0.1, 0.15) is 11.5 Å². The fraction of sp³-hybridized carbons (Fsp3) is 0.368. The smallest absolute Gasteiger partial charge is 0.123 e. The van der Waals surface area contributed by atoms with Gasteiger partial charge in [-0.1, -0.05) is 23.7 Å². The highest BCUT2D eigenvalue weighted by atomic mass is 35.5. The van der Waals surface area contributed by atoms with E-state index >= 15 is 0 Å². The lowest BCUT2D eigenvalue weighted by atomic mass is 10.1. The van der Waals surface area contributed by atoms with Gasteiger partial charge in [-0.25, -0.2) is 0 Å². The second-order valence-corrected chi connectivity index (χ2v) is 6.38. The number of hydrogen-bond acceptors (Lipinski definition) is 3. The van der Waals surface area contributed by atoms with Crippen molar-refractivity contribution in [3.05, 3.63) is 58.6 Å². The Bertz CT molecular complexity index is 653. The van der Waals surface area contributed by atoms with Crippen LogP contribution in [0, 0.1) is 0 Å². The minimum absolute atomic E-state index is 0.654. The summed E-state index contributed by atoms with van der Waals surface area (Å²) in [4.78, 5) is 2.50. The number of ether oxygens (including phenoxy) is 2. The van der Waals surface area contributed by atoms with Gasteiger partial charge in [0.2, 0.25) is 0 Å². The van der Waals surface area contributed by atoms with E-state index in [-0.39, 0.29) is 0 Å². The van der Waals surface area contributed by atoms with Crippen molar-refractivity contribution < 1.29 is 9.47 Å². The Morgan fingerprint density at radius 3 is 2.35 bits per heavy atom. The SMILES string of the molecule is COc1ccc(CN(Cc2cc(Cl)ccc2OC)C2CC2)cc1. The highest BCUT2D eigenvalue weighted by Gasteiger charge is 2.29. The Labute approximate surface area is 142 Å². The van der Waals surface area contributed by atoms with E-state index < -0.39 is 0 Å². The maximum Gasteiger partial charge on any atom is 0.123 e. The molecule has 122 valence electrons. The van der Waals surface area contributed by atoms with Crippen molar-refractivity contribution in [1.29, 1.82) is 0 Å². The molecule has 1 aliphatic rings. The molecule has 2 aromatic rings. The van der Waals surface area contributed by atoms with Crippen LogP contribution >= 0.6 is 11.6 Å². The molecule has 0 saturated heterocycles. The third kappa shape index (κ3) is 4.18. The van der Waals surface area contributed by atoms with Crippen LogP contribution in [0.25, 0.3) is 0 Å². The molecule has 0 atom stereocenters. The van der Waals surface area contributed by atoms with Crippen LogP contribution in [-0.2, 0) is 13.1 Å². The largest absolute Gasteiger partial charge is 0.497 e. The molecular formula is C19H22ClNO2. The molecule has 3 nitrogen and oxygen atoms in total. The fourth-order valence-electron chi connectivity index (χ4n) is 2.81. The average molecular weight is 332 g/mol. The highest BCUT2D eigenvalue weighted by Crippen LogP contribution is 2.32. The fourth-order valence-corrected chi connectivity index (χ4v) is 3.00. The van der Waals surface area contributed by atoms with Crippen LogP contribution in [0.15, 0.2) is 42.5 Å². The van der Waals surface area contributed by atoms with Gasteiger partial charge in [-0.05, 0) is 48.7 Å². The van der Waals surface area contributed by atoms with Gasteiger partial charge in [0.25, 0.3) is 0 Å². The molecule has 0 bridgehead atoms. The van der Waals surface area contributed by atoms with Gasteiger partial charge >= 0.3 is 0 Å². The number of hydrogen-bond donors (Lipinski definition) is 0. The maximum atomic E-state index is 6.16. The minimum Gasteiger partial charge on any atom is -0.497 e. The molecule has 0 aromatic heterocycles. The predicted molar refractivity (Wildman–Crippen MR) is 93.3 cm³/mol. The Balaban J connectivity index is 1.75. The maximum absolute atomic E-state index is 6.16.